The summed E-state index contributed by atoms with van der Waals surface area (Å²) in [5, 5.41) is 18.1. The largest absolute Gasteiger partial charge is 0.633 e. The molecule has 1 amide bonds. The first-order chi connectivity index (χ1) is 56.0. The second-order valence-electron chi connectivity index (χ2n) is 29.0. The molecule has 0 aromatic heterocycles. The van der Waals surface area contributed by atoms with Crippen LogP contribution in [0.4, 0.5) is 4.79 Å². The predicted molar refractivity (Wildman–Crippen MR) is 523 cm³/mol. The van der Waals surface area contributed by atoms with Crippen LogP contribution in [0, 0.1) is 11.1 Å². The highest BCUT2D eigenvalue weighted by Crippen LogP contribution is 2.05. The average Bonchev–Trinajstić information content (AvgIpc) is 0.888. The van der Waals surface area contributed by atoms with Crippen molar-refractivity contribution >= 4 is 77.6 Å². The van der Waals surface area contributed by atoms with Gasteiger partial charge in [-0.25, -0.2) is 22.7 Å². The van der Waals surface area contributed by atoms with Crippen LogP contribution in [0.25, 0.3) is 0 Å². The minimum atomic E-state index is -3.66. The fourth-order valence-electron chi connectivity index (χ4n) is 2.66. The third-order valence-corrected chi connectivity index (χ3v) is 10.6. The molecule has 0 spiro atoms. The fourth-order valence-corrected chi connectivity index (χ4v) is 2.80. The Morgan fingerprint density at radius 2 is 0.718 bits per heavy atom. The summed E-state index contributed by atoms with van der Waals surface area (Å²) >= 11 is 0. The number of aliphatic imine (C=N–C) groups is 1. The van der Waals surface area contributed by atoms with E-state index in [1.54, 1.807) is 133 Å². The van der Waals surface area contributed by atoms with Crippen molar-refractivity contribution in [2.75, 3.05) is 203 Å². The second kappa shape index (κ2) is 122. The van der Waals surface area contributed by atoms with Crippen LogP contribution in [-0.2, 0) is 90.6 Å². The highest BCUT2D eigenvalue weighted by molar-refractivity contribution is 7.88. The molecule has 0 saturated carbocycles. The van der Waals surface area contributed by atoms with Gasteiger partial charge in [0.2, 0.25) is 15.9 Å². The second-order valence-corrected chi connectivity index (χ2v) is 34.2. The lowest BCUT2D eigenvalue weighted by Gasteiger charge is -2.27. The molecule has 4 N–H and O–H groups in total. The number of hydrogen-bond acceptors (Lipinski definition) is 28. The van der Waals surface area contributed by atoms with Gasteiger partial charge in [-0.1, -0.05) is 131 Å². The normalized spacial score (nSPS) is 8.99. The molecule has 3 aromatic carbocycles. The first-order valence-electron chi connectivity index (χ1n) is 38.4. The fraction of sp³-hybridized carbons (Fsp3) is 0.640. The maximum Gasteiger partial charge on any atom is 0.507 e. The Bertz CT molecular complexity index is 2930. The molecule has 3 rings (SSSR count). The van der Waals surface area contributed by atoms with Crippen LogP contribution in [0.2, 0.25) is 0 Å². The Labute approximate surface area is 759 Å². The SMILES string of the molecule is C=C.C=C.CC(=O)N(C)C.CC(=O)c1ccc(C(C)=O)cc1.CC(C)(C)N.CC(C)=C(C)C.CC(C)=O.CC(C)C.CC(C)O.CCCCOC.CCCOC.CN(C)C.CN=C(C)C.CNS(C)(=O)=O.COC.COC(=O)OC.COC(=O)c1ccccc1.COC(C)=O.COS(=O)(=O)OC.COS(C)(=O)=O.C[N+](C)(C)C.C[N+](C)(C)[O-].c1ccccc1. The number of ketones is 3. The van der Waals surface area contributed by atoms with Crippen molar-refractivity contribution in [2.24, 2.45) is 16.6 Å². The van der Waals surface area contributed by atoms with Crippen molar-refractivity contribution in [3.8, 4) is 0 Å². The van der Waals surface area contributed by atoms with Crippen LogP contribution in [0.3, 0.4) is 0 Å². The van der Waals surface area contributed by atoms with E-state index in [4.69, 9.17) is 20.3 Å². The summed E-state index contributed by atoms with van der Waals surface area (Å²) in [5.41, 5.74) is 11.2. The van der Waals surface area contributed by atoms with Gasteiger partial charge >= 0.3 is 28.5 Å². The maximum absolute atomic E-state index is 10.8. The van der Waals surface area contributed by atoms with E-state index in [1.807, 2.05) is 103 Å². The number of quaternary nitrogens is 2. The number of aliphatic hydroxyl groups is 1. The number of methoxy groups -OCH3 is 7. The Kier molecular flexibility index (Phi) is 164. The summed E-state index contributed by atoms with van der Waals surface area (Å²) in [6.45, 7) is 55.3. The Morgan fingerprint density at radius 1 is 0.516 bits per heavy atom. The molecule has 0 aliphatic rings. The zero-order valence-electron chi connectivity index (χ0n) is 87.0. The van der Waals surface area contributed by atoms with E-state index >= 15 is 0 Å². The summed E-state index contributed by atoms with van der Waals surface area (Å²) in [6, 6.07) is 27.5. The molecule has 0 aliphatic heterocycles. The molecule has 0 unspecified atom stereocenters. The van der Waals surface area contributed by atoms with Gasteiger partial charge in [0.15, 0.2) is 11.6 Å². The third-order valence-electron chi connectivity index (χ3n) is 8.45. The molecular formula is C89H186N7O25S3+. The number of nitrogens with one attached hydrogen (secondary N) is 1. The number of nitrogens with zero attached hydrogens (tertiary/aromatic N) is 5. The topological polar surface area (TPSA) is 414 Å². The molecule has 0 saturated heterocycles. The van der Waals surface area contributed by atoms with Gasteiger partial charge in [0, 0.05) is 105 Å². The minimum Gasteiger partial charge on any atom is -0.633 e. The van der Waals surface area contributed by atoms with E-state index in [2.05, 4.69) is 163 Å². The number of rotatable bonds is 12. The number of nitrogens with two attached hydrogens (primary N) is 1. The Balaban J connectivity index is -0.0000000512. The van der Waals surface area contributed by atoms with Gasteiger partial charge in [0.25, 0.3) is 10.1 Å². The number of allylic oxidation sites excluding steroid dienone is 2. The van der Waals surface area contributed by atoms with Crippen LogP contribution >= 0.6 is 0 Å². The number of amides is 1. The molecule has 3 aromatic rings. The summed E-state index contributed by atoms with van der Waals surface area (Å²) in [7, 11) is 31.2. The molecule has 0 atom stereocenters. The van der Waals surface area contributed by atoms with Crippen molar-refractivity contribution in [1.82, 2.24) is 14.5 Å². The number of hydroxylamine groups is 3. The van der Waals surface area contributed by atoms with E-state index < -0.39 is 36.7 Å². The van der Waals surface area contributed by atoms with Crippen molar-refractivity contribution < 1.29 is 119 Å². The molecule has 0 heterocycles. The molecule has 744 valence electrons. The van der Waals surface area contributed by atoms with Crippen molar-refractivity contribution in [1.29, 1.82) is 0 Å². The third kappa shape index (κ3) is 366. The van der Waals surface area contributed by atoms with Crippen LogP contribution in [0.5, 0.6) is 0 Å². The number of carbonyl (C=O) groups is 7. The van der Waals surface area contributed by atoms with Crippen molar-refractivity contribution in [3.05, 3.63) is 150 Å². The maximum atomic E-state index is 10.8. The molecule has 0 fully saturated rings. The summed E-state index contributed by atoms with van der Waals surface area (Å²) in [5.74, 6) is 0.593. The van der Waals surface area contributed by atoms with Crippen LogP contribution in [0.15, 0.2) is 133 Å². The molecular weight excluding hydrogens is 1660 g/mol. The molecule has 0 radical (unpaired) electrons. The number of esters is 2. The summed E-state index contributed by atoms with van der Waals surface area (Å²) in [6.07, 6.45) is 4.82. The van der Waals surface area contributed by atoms with E-state index in [-0.39, 0.29) is 51.5 Å². The average molecular weight is 1850 g/mol. The monoisotopic (exact) mass is 1850 g/mol. The van der Waals surface area contributed by atoms with E-state index in [9.17, 15) is 64.0 Å². The minimum absolute atomic E-state index is 0. The molecule has 124 heavy (non-hydrogen) atoms. The van der Waals surface area contributed by atoms with Gasteiger partial charge in [0.05, 0.1) is 117 Å². The number of hydrogen-bond donors (Lipinski definition) is 3. The lowest BCUT2D eigenvalue weighted by atomic mass is 10.1. The van der Waals surface area contributed by atoms with Gasteiger partial charge in [-0.15, -0.1) is 26.3 Å². The van der Waals surface area contributed by atoms with Crippen molar-refractivity contribution in [2.45, 2.75) is 183 Å². The smallest absolute Gasteiger partial charge is 0.507 e. The number of carbonyl (C=O) groups excluding carboxylic acids is 7. The molecule has 32 nitrogen and oxygen atoms in total. The molecule has 0 bridgehead atoms. The zero-order valence-corrected chi connectivity index (χ0v) is 89.4. The van der Waals surface area contributed by atoms with E-state index in [1.165, 1.54) is 106 Å². The van der Waals surface area contributed by atoms with E-state index in [0.717, 1.165) is 69.6 Å². The van der Waals surface area contributed by atoms with E-state index in [0.29, 0.717) is 16.7 Å². The summed E-state index contributed by atoms with van der Waals surface area (Å²) < 4.78 is 104. The standard InChI is InChI=1S/C10H10O2.C8H8O2.C6H6.C6H12.C5H12O.C4H9NO.C4H12N.C4H9N.C4H11N.C4H10O.C4H10.C3H9NO.C3H9N.C3H6O3.C3H6O2.C3H8O.C3H6O.C2H7NO2S.C2H6O4S.C2H6O3S.C2H6O.2C2H4/c1-7(11)9-3-5-10(6-4-9)8(2)12;1-10-8(9)7-5-3-2-4-6-7;1-2-4-6-5-3-1;1-5(2)6(3)4;1-3-4-5-6-2;1-4(6)5(2)3;1-5(2,3)4;1-4(2)5-3;1-4(2,3)5;1-3-4-5-2;1-4(2)3;1-4(2,3)5;1-4(2)3;1-5-3(4)6-2;1-3(4)5-2;2*1-3(2)4;1-3-6(2,4)5;1-5-7(3,4)6-2;1-5-6(2,3)4;1-3-2;2*1-2/h3-6H,1-2H3;2-6H,1H3;1-6H;1-4H3;3-5H2,1-2H3;1-3H3;1-4H3;1-3H3;5H2,1-3H3;3-4H2,1-2H3;4H,1-3H3;1-3H3;1-3H3;1-2H3;1-2H3;3-4H,1-2H3;1-2H3;3H,1-2H3;1-2H3;1-2H3;1-2H3;2*1-2H2/q;;;;;;+1;;;;;;;;;;;;;;;;. The molecule has 0 aliphatic carbocycles. The summed E-state index contributed by atoms with van der Waals surface area (Å²) in [4.78, 5) is 78.6. The number of sulfonamides is 1. The lowest BCUT2D eigenvalue weighted by Crippen LogP contribution is -2.27. The van der Waals surface area contributed by atoms with Crippen molar-refractivity contribution in [3.63, 3.8) is 0 Å². The zero-order chi connectivity index (χ0) is 104. The number of benzene rings is 3. The van der Waals surface area contributed by atoms with Crippen LogP contribution < -0.4 is 10.5 Å². The first-order valence-corrected chi connectivity index (χ1v) is 43.4. The van der Waals surface area contributed by atoms with Crippen LogP contribution in [0.1, 0.15) is 203 Å². The predicted octanol–water partition coefficient (Wildman–Crippen LogP) is 16.1. The lowest BCUT2D eigenvalue weighted by molar-refractivity contribution is -0.849. The highest BCUT2D eigenvalue weighted by atomic mass is 32.3. The highest BCUT2D eigenvalue weighted by Gasteiger charge is 2.03. The van der Waals surface area contributed by atoms with Crippen LogP contribution in [-0.4, -0.2) is 311 Å². The van der Waals surface area contributed by atoms with Gasteiger partial charge in [0.1, 0.15) is 5.78 Å². The van der Waals surface area contributed by atoms with Gasteiger partial charge < -0.3 is 72.9 Å². The number of aliphatic hydroxyl groups excluding tert-OH is 1. The number of unbranched alkanes of at least 4 members (excludes halogenated alkanes) is 1. The van der Waals surface area contributed by atoms with Gasteiger partial charge in [-0.2, -0.15) is 16.8 Å². The quantitative estimate of drug-likeness (QED) is 0.0174. The Hall–Kier alpha value is -7.43. The first kappa shape index (κ1) is 167. The number of ether oxygens (including phenoxy) is 7. The number of Topliss-reactive ketones (excluding diaryl/α,β-unsaturated/α-hetero) is 3. The van der Waals surface area contributed by atoms with Gasteiger partial charge in [-0.05, 0) is 163 Å². The Morgan fingerprint density at radius 3 is 0.790 bits per heavy atom. The molecule has 35 heteroatoms. The van der Waals surface area contributed by atoms with Gasteiger partial charge in [-0.3, -0.25) is 36.7 Å².